The van der Waals surface area contributed by atoms with Crippen LogP contribution < -0.4 is 0 Å². The summed E-state index contributed by atoms with van der Waals surface area (Å²) in [6.45, 7) is -3.85. The summed E-state index contributed by atoms with van der Waals surface area (Å²) in [4.78, 5) is 171. The van der Waals surface area contributed by atoms with Crippen LogP contribution in [0.15, 0.2) is 152 Å². The maximum absolute atomic E-state index is 13.0. The van der Waals surface area contributed by atoms with Gasteiger partial charge in [-0.2, -0.15) is 24.0 Å². The van der Waals surface area contributed by atoms with E-state index in [-0.39, 0.29) is 27.8 Å². The molecule has 0 radical (unpaired) electrons. The monoisotopic (exact) mass is 1040 g/mol. The first-order chi connectivity index (χ1) is 36.4. The Kier molecular flexibility index (Phi) is 22.7. The lowest BCUT2D eigenvalue weighted by Gasteiger charge is -2.32. The summed E-state index contributed by atoms with van der Waals surface area (Å²) in [7, 11) is 0. The Balaban J connectivity index is 1.37. The van der Waals surface area contributed by atoms with Crippen LogP contribution in [0.5, 0.6) is 0 Å². The molecule has 2 atom stereocenters. The van der Waals surface area contributed by atoms with Crippen LogP contribution in [-0.2, 0) is 72.6 Å². The molecule has 0 aliphatic heterocycles. The van der Waals surface area contributed by atoms with Gasteiger partial charge in [-0.25, -0.2) is 72.8 Å². The molecule has 5 aromatic carbocycles. The molecule has 5 rings (SSSR count). The van der Waals surface area contributed by atoms with Gasteiger partial charge in [0.05, 0.1) is 60.9 Å². The summed E-state index contributed by atoms with van der Waals surface area (Å²) in [6.07, 6.45) is -8.82. The predicted molar refractivity (Wildman–Crippen MR) is 241 cm³/mol. The number of carbonyl (C=O) groups excluding carboxylic acids is 10. The topological polar surface area (TPSA) is 309 Å². The first kappa shape index (κ1) is 55.7. The minimum absolute atomic E-state index is 0.0111. The van der Waals surface area contributed by atoms with Crippen molar-refractivity contribution in [2.24, 2.45) is 17.8 Å². The third kappa shape index (κ3) is 20.2. The van der Waals surface area contributed by atoms with Crippen LogP contribution in [0.25, 0.3) is 0 Å². The van der Waals surface area contributed by atoms with Gasteiger partial charge in [-0.05, 0) is 73.5 Å². The molecule has 0 aromatic heterocycles. The fraction of sp³-hybridized carbons (Fsp3) is 0.200. The highest BCUT2D eigenvalue weighted by molar-refractivity contribution is 5.91. The molecule has 0 heterocycles. The summed E-state index contributed by atoms with van der Waals surface area (Å²) >= 11 is 0. The van der Waals surface area contributed by atoms with E-state index in [0.717, 1.165) is 0 Å². The van der Waals surface area contributed by atoms with E-state index in [2.05, 4.69) is 48.9 Å². The quantitative estimate of drug-likeness (QED) is 0.0325. The van der Waals surface area contributed by atoms with Crippen molar-refractivity contribution >= 4 is 60.6 Å². The maximum Gasteiger partial charge on any atom is 0.549 e. The molecule has 0 saturated carbocycles. The van der Waals surface area contributed by atoms with E-state index in [9.17, 15) is 47.9 Å². The minimum Gasteiger partial charge on any atom is -0.432 e. The molecule has 0 aliphatic rings. The van der Waals surface area contributed by atoms with Crippen LogP contribution in [0, 0.1) is 17.8 Å². The Morgan fingerprint density at radius 1 is 0.267 bits per heavy atom. The van der Waals surface area contributed by atoms with Crippen molar-refractivity contribution in [2.75, 3.05) is 33.0 Å². The lowest BCUT2D eigenvalue weighted by Crippen LogP contribution is -2.37. The summed E-state index contributed by atoms with van der Waals surface area (Å²) < 4.78 is 25.9. The van der Waals surface area contributed by atoms with Crippen LogP contribution in [0.1, 0.15) is 64.6 Å². The molecular formula is C50H42O25. The van der Waals surface area contributed by atoms with Gasteiger partial charge in [0.2, 0.25) is 0 Å². The normalized spacial score (nSPS) is 11.4. The zero-order valence-corrected chi connectivity index (χ0v) is 38.8. The van der Waals surface area contributed by atoms with Crippen molar-refractivity contribution in [1.82, 2.24) is 0 Å². The average molecular weight is 1040 g/mol. The highest BCUT2D eigenvalue weighted by Gasteiger charge is 2.35. The molecule has 0 aliphatic carbocycles. The van der Waals surface area contributed by atoms with Gasteiger partial charge in [0.15, 0.2) is 0 Å². The van der Waals surface area contributed by atoms with Gasteiger partial charge in [0.1, 0.15) is 0 Å². The summed E-state index contributed by atoms with van der Waals surface area (Å²) in [5, 5.41) is 0. The Morgan fingerprint density at radius 3 is 0.720 bits per heavy atom. The van der Waals surface area contributed by atoms with Gasteiger partial charge in [0.25, 0.3) is 0 Å². The smallest absolute Gasteiger partial charge is 0.432 e. The zero-order chi connectivity index (χ0) is 53.6. The highest BCUT2D eigenvalue weighted by Crippen LogP contribution is 2.30. The second-order valence-electron chi connectivity index (χ2n) is 14.7. The van der Waals surface area contributed by atoms with E-state index in [1.54, 1.807) is 30.3 Å². The summed E-state index contributed by atoms with van der Waals surface area (Å²) in [6, 6.07) is 36.7. The Morgan fingerprint density at radius 2 is 0.480 bits per heavy atom. The third-order valence-electron chi connectivity index (χ3n) is 9.83. The number of hydrogen-bond donors (Lipinski definition) is 0. The third-order valence-corrected chi connectivity index (χ3v) is 9.83. The largest absolute Gasteiger partial charge is 0.549 e. The van der Waals surface area contributed by atoms with E-state index in [1.165, 1.54) is 121 Å². The first-order valence-electron chi connectivity index (χ1n) is 21.9. The Hall–Kier alpha value is -10.2. The van der Waals surface area contributed by atoms with Gasteiger partial charge >= 0.3 is 60.6 Å². The molecule has 0 N–H and O–H groups in total. The van der Waals surface area contributed by atoms with E-state index in [4.69, 9.17) is 23.7 Å². The van der Waals surface area contributed by atoms with Crippen LogP contribution in [0.4, 0.5) is 24.0 Å². The van der Waals surface area contributed by atoms with Gasteiger partial charge in [-0.15, -0.1) is 0 Å². The Bertz CT molecular complexity index is 2520. The summed E-state index contributed by atoms with van der Waals surface area (Å²) in [5.41, 5.74) is -0.0373. The van der Waals surface area contributed by atoms with Crippen LogP contribution >= 0.6 is 0 Å². The van der Waals surface area contributed by atoms with E-state index >= 15 is 0 Å². The van der Waals surface area contributed by atoms with Crippen LogP contribution in [-0.4, -0.2) is 93.7 Å². The average Bonchev–Trinajstić information content (AvgIpc) is 3.45. The lowest BCUT2D eigenvalue weighted by molar-refractivity contribution is -0.210. The van der Waals surface area contributed by atoms with Gasteiger partial charge in [0, 0.05) is 17.8 Å². The van der Waals surface area contributed by atoms with Crippen LogP contribution in [0.3, 0.4) is 0 Å². The highest BCUT2D eigenvalue weighted by atomic mass is 17.3. The number of ether oxygens (including phenoxy) is 5. The molecule has 0 bridgehead atoms. The predicted octanol–water partition coefficient (Wildman–Crippen LogP) is 8.24. The zero-order valence-electron chi connectivity index (χ0n) is 38.8. The molecule has 0 fully saturated rings. The summed E-state index contributed by atoms with van der Waals surface area (Å²) in [5.74, 6) is -9.41. The standard InChI is InChI=1S/C50H42O25/c51-41(33-16-6-1-7-17-33)66-71-46(56)61-28-26-38(30-63-48(58)73-68-43(53)35-20-10-3-11-21-35)40(32-65-50(60)75-70-45(55)37-24-14-5-15-25-37)39(31-64-49(59)74-69-44(54)36-22-12-4-13-23-36)27-29-62-47(57)72-67-42(52)34-18-8-2-9-19-34/h1-25,38-40H,26-32H2. The van der Waals surface area contributed by atoms with E-state index < -0.39 is 124 Å². The number of benzene rings is 5. The lowest BCUT2D eigenvalue weighted by atomic mass is 9.79. The van der Waals surface area contributed by atoms with E-state index in [0.29, 0.717) is 0 Å². The van der Waals surface area contributed by atoms with Crippen molar-refractivity contribution in [3.8, 4) is 0 Å². The molecular weight excluding hydrogens is 1000 g/mol. The number of rotatable bonds is 19. The van der Waals surface area contributed by atoms with Gasteiger partial charge in [-0.1, -0.05) is 91.0 Å². The van der Waals surface area contributed by atoms with Crippen molar-refractivity contribution in [3.63, 3.8) is 0 Å². The molecule has 2 unspecified atom stereocenters. The van der Waals surface area contributed by atoms with Crippen molar-refractivity contribution in [1.29, 1.82) is 0 Å². The molecule has 0 saturated heterocycles. The first-order valence-corrected chi connectivity index (χ1v) is 21.9. The SMILES string of the molecule is O=C(OCCC(COC(=O)OOC(=O)c1ccccc1)C(COC(=O)OOC(=O)c1ccccc1)C(CCOC(=O)OOC(=O)c1ccccc1)COC(=O)OOC(=O)c1ccccc1)OOC(=O)c1ccccc1. The minimum atomic E-state index is -1.64. The molecule has 25 nitrogen and oxygen atoms in total. The number of carbonyl (C=O) groups is 10. The van der Waals surface area contributed by atoms with Crippen molar-refractivity contribution in [2.45, 2.75) is 12.8 Å². The molecule has 392 valence electrons. The van der Waals surface area contributed by atoms with Crippen molar-refractivity contribution in [3.05, 3.63) is 179 Å². The molecule has 75 heavy (non-hydrogen) atoms. The fourth-order valence-corrected chi connectivity index (χ4v) is 6.19. The second kappa shape index (κ2) is 30.5. The van der Waals surface area contributed by atoms with Crippen molar-refractivity contribution < 1.29 is 121 Å². The van der Waals surface area contributed by atoms with E-state index in [1.807, 2.05) is 0 Å². The second-order valence-corrected chi connectivity index (χ2v) is 14.7. The Labute approximate surface area is 423 Å². The fourth-order valence-electron chi connectivity index (χ4n) is 6.19. The molecule has 0 amide bonds. The molecule has 0 spiro atoms. The molecule has 5 aromatic rings. The van der Waals surface area contributed by atoms with Gasteiger partial charge in [-0.3, -0.25) is 0 Å². The maximum atomic E-state index is 13.0. The number of hydrogen-bond acceptors (Lipinski definition) is 25. The van der Waals surface area contributed by atoms with Crippen LogP contribution in [0.2, 0.25) is 0 Å². The molecule has 25 heteroatoms. The van der Waals surface area contributed by atoms with Gasteiger partial charge < -0.3 is 23.7 Å².